The van der Waals surface area contributed by atoms with Crippen LogP contribution in [0.15, 0.2) is 18.2 Å². The highest BCUT2D eigenvalue weighted by molar-refractivity contribution is 5.28. The Morgan fingerprint density at radius 1 is 1.50 bits per heavy atom. The number of ether oxygens (including phenoxy) is 1. The molecule has 90 valence electrons. The molecular formula is C12H19FN2O. The molecule has 0 radical (unpaired) electrons. The summed E-state index contributed by atoms with van der Waals surface area (Å²) in [5.74, 6) is 0.297. The Labute approximate surface area is 96.0 Å². The number of rotatable bonds is 5. The molecule has 0 amide bonds. The van der Waals surface area contributed by atoms with Gasteiger partial charge in [0.05, 0.1) is 7.11 Å². The largest absolute Gasteiger partial charge is 0.497 e. The smallest absolute Gasteiger partial charge is 0.131 e. The SMILES string of the molecule is COc1ccc(CN(C)C(C)CN)c(F)c1. The molecule has 1 atom stereocenters. The van der Waals surface area contributed by atoms with Gasteiger partial charge in [-0.05, 0) is 20.0 Å². The molecule has 0 fully saturated rings. The zero-order chi connectivity index (χ0) is 12.1. The minimum absolute atomic E-state index is 0.238. The van der Waals surface area contributed by atoms with E-state index in [1.54, 1.807) is 12.1 Å². The van der Waals surface area contributed by atoms with Gasteiger partial charge in [-0.1, -0.05) is 6.07 Å². The van der Waals surface area contributed by atoms with Gasteiger partial charge in [0.2, 0.25) is 0 Å². The predicted octanol–water partition coefficient (Wildman–Crippen LogP) is 1.61. The lowest BCUT2D eigenvalue weighted by Crippen LogP contribution is -2.34. The van der Waals surface area contributed by atoms with E-state index in [2.05, 4.69) is 0 Å². The van der Waals surface area contributed by atoms with E-state index in [4.69, 9.17) is 10.5 Å². The second-order valence-electron chi connectivity index (χ2n) is 3.96. The normalized spacial score (nSPS) is 12.9. The Bertz CT molecular complexity index is 344. The first-order valence-corrected chi connectivity index (χ1v) is 5.31. The van der Waals surface area contributed by atoms with Crippen LogP contribution < -0.4 is 10.5 Å². The van der Waals surface area contributed by atoms with Gasteiger partial charge in [0.25, 0.3) is 0 Å². The van der Waals surface area contributed by atoms with Crippen LogP contribution in [0.5, 0.6) is 5.75 Å². The van der Waals surface area contributed by atoms with Crippen LogP contribution >= 0.6 is 0 Å². The van der Waals surface area contributed by atoms with Crippen LogP contribution in [0.25, 0.3) is 0 Å². The third-order valence-electron chi connectivity index (χ3n) is 2.77. The monoisotopic (exact) mass is 226 g/mol. The standard InChI is InChI=1S/C12H19FN2O/c1-9(7-14)15(2)8-10-4-5-11(16-3)6-12(10)13/h4-6,9H,7-8,14H2,1-3H3. The molecule has 1 rings (SSSR count). The van der Waals surface area contributed by atoms with Gasteiger partial charge in [0.1, 0.15) is 11.6 Å². The molecule has 0 saturated heterocycles. The summed E-state index contributed by atoms with van der Waals surface area (Å²) in [4.78, 5) is 2.02. The number of nitrogens with two attached hydrogens (primary N) is 1. The van der Waals surface area contributed by atoms with Crippen molar-refractivity contribution in [3.8, 4) is 5.75 Å². The number of methoxy groups -OCH3 is 1. The van der Waals surface area contributed by atoms with Gasteiger partial charge in [-0.15, -0.1) is 0 Å². The van der Waals surface area contributed by atoms with Gasteiger partial charge in [-0.3, -0.25) is 4.90 Å². The Kier molecular flexibility index (Phi) is 4.71. The molecule has 0 aliphatic carbocycles. The topological polar surface area (TPSA) is 38.5 Å². The van der Waals surface area contributed by atoms with E-state index in [1.165, 1.54) is 13.2 Å². The molecule has 0 bridgehead atoms. The van der Waals surface area contributed by atoms with Crippen LogP contribution in [-0.2, 0) is 6.54 Å². The summed E-state index contributed by atoms with van der Waals surface area (Å²) in [6, 6.07) is 5.14. The van der Waals surface area contributed by atoms with Crippen LogP contribution in [0, 0.1) is 5.82 Å². The van der Waals surface area contributed by atoms with E-state index in [0.29, 0.717) is 24.4 Å². The summed E-state index contributed by atoms with van der Waals surface area (Å²) in [6.45, 7) is 3.13. The van der Waals surface area contributed by atoms with Gasteiger partial charge < -0.3 is 10.5 Å². The number of hydrogen-bond donors (Lipinski definition) is 1. The third kappa shape index (κ3) is 3.18. The number of benzene rings is 1. The highest BCUT2D eigenvalue weighted by Gasteiger charge is 2.11. The Morgan fingerprint density at radius 3 is 2.69 bits per heavy atom. The Morgan fingerprint density at radius 2 is 2.19 bits per heavy atom. The molecule has 0 heterocycles. The van der Waals surface area contributed by atoms with E-state index in [-0.39, 0.29) is 11.9 Å². The lowest BCUT2D eigenvalue weighted by Gasteiger charge is -2.23. The van der Waals surface area contributed by atoms with Crippen LogP contribution in [-0.4, -0.2) is 31.6 Å². The third-order valence-corrected chi connectivity index (χ3v) is 2.77. The molecule has 1 aromatic rings. The van der Waals surface area contributed by atoms with Crippen molar-refractivity contribution in [2.24, 2.45) is 5.73 Å². The molecule has 0 spiro atoms. The Balaban J connectivity index is 2.74. The fraction of sp³-hybridized carbons (Fsp3) is 0.500. The number of nitrogens with zero attached hydrogens (tertiary/aromatic N) is 1. The summed E-state index contributed by atoms with van der Waals surface area (Å²) in [6.07, 6.45) is 0. The molecular weight excluding hydrogens is 207 g/mol. The van der Waals surface area contributed by atoms with Crippen LogP contribution in [0.2, 0.25) is 0 Å². The Hall–Kier alpha value is -1.13. The maximum Gasteiger partial charge on any atom is 0.131 e. The first-order valence-electron chi connectivity index (χ1n) is 5.31. The van der Waals surface area contributed by atoms with Crippen molar-refractivity contribution in [2.45, 2.75) is 19.5 Å². The minimum atomic E-state index is -0.240. The highest BCUT2D eigenvalue weighted by atomic mass is 19.1. The van der Waals surface area contributed by atoms with Gasteiger partial charge >= 0.3 is 0 Å². The average Bonchev–Trinajstić information content (AvgIpc) is 2.30. The fourth-order valence-corrected chi connectivity index (χ4v) is 1.39. The molecule has 2 N–H and O–H groups in total. The van der Waals surface area contributed by atoms with E-state index in [0.717, 1.165) is 0 Å². The molecule has 16 heavy (non-hydrogen) atoms. The summed E-state index contributed by atoms with van der Waals surface area (Å²) in [5, 5.41) is 0. The summed E-state index contributed by atoms with van der Waals surface area (Å²) in [7, 11) is 3.46. The van der Waals surface area contributed by atoms with Gasteiger partial charge in [0.15, 0.2) is 0 Å². The van der Waals surface area contributed by atoms with Crippen molar-refractivity contribution in [3.63, 3.8) is 0 Å². The second-order valence-corrected chi connectivity index (χ2v) is 3.96. The van der Waals surface area contributed by atoms with Crippen molar-refractivity contribution in [1.82, 2.24) is 4.90 Å². The summed E-state index contributed by atoms with van der Waals surface area (Å²) in [5.41, 5.74) is 6.21. The zero-order valence-corrected chi connectivity index (χ0v) is 10.0. The number of halogens is 1. The molecule has 1 aromatic carbocycles. The van der Waals surface area contributed by atoms with E-state index < -0.39 is 0 Å². The summed E-state index contributed by atoms with van der Waals surface area (Å²) < 4.78 is 18.6. The maximum atomic E-state index is 13.6. The lowest BCUT2D eigenvalue weighted by molar-refractivity contribution is 0.251. The fourth-order valence-electron chi connectivity index (χ4n) is 1.39. The van der Waals surface area contributed by atoms with Gasteiger partial charge in [-0.25, -0.2) is 4.39 Å². The van der Waals surface area contributed by atoms with Crippen molar-refractivity contribution in [2.75, 3.05) is 20.7 Å². The lowest BCUT2D eigenvalue weighted by atomic mass is 10.1. The predicted molar refractivity (Wildman–Crippen MR) is 62.9 cm³/mol. The number of likely N-dealkylation sites (N-methyl/N-ethyl adjacent to an activating group) is 1. The first-order chi connectivity index (χ1) is 7.58. The van der Waals surface area contributed by atoms with Gasteiger partial charge in [0, 0.05) is 30.8 Å². The van der Waals surface area contributed by atoms with Gasteiger partial charge in [-0.2, -0.15) is 0 Å². The molecule has 1 unspecified atom stereocenters. The molecule has 0 aliphatic rings. The van der Waals surface area contributed by atoms with E-state index in [9.17, 15) is 4.39 Å². The number of hydrogen-bond acceptors (Lipinski definition) is 3. The quantitative estimate of drug-likeness (QED) is 0.829. The summed E-state index contributed by atoms with van der Waals surface area (Å²) >= 11 is 0. The molecule has 0 aromatic heterocycles. The van der Waals surface area contributed by atoms with Crippen molar-refractivity contribution >= 4 is 0 Å². The molecule has 0 aliphatic heterocycles. The van der Waals surface area contributed by atoms with Crippen LogP contribution in [0.1, 0.15) is 12.5 Å². The first kappa shape index (κ1) is 12.9. The van der Waals surface area contributed by atoms with E-state index in [1.807, 2.05) is 18.9 Å². The maximum absolute atomic E-state index is 13.6. The van der Waals surface area contributed by atoms with Crippen molar-refractivity contribution in [1.29, 1.82) is 0 Å². The molecule has 0 saturated carbocycles. The molecule has 4 heteroatoms. The highest BCUT2D eigenvalue weighted by Crippen LogP contribution is 2.17. The van der Waals surface area contributed by atoms with Crippen molar-refractivity contribution < 1.29 is 9.13 Å². The average molecular weight is 226 g/mol. The van der Waals surface area contributed by atoms with Crippen LogP contribution in [0.4, 0.5) is 4.39 Å². The van der Waals surface area contributed by atoms with Crippen LogP contribution in [0.3, 0.4) is 0 Å². The van der Waals surface area contributed by atoms with Crippen molar-refractivity contribution in [3.05, 3.63) is 29.6 Å². The minimum Gasteiger partial charge on any atom is -0.497 e. The second kappa shape index (κ2) is 5.82. The van der Waals surface area contributed by atoms with E-state index >= 15 is 0 Å². The molecule has 3 nitrogen and oxygen atoms in total. The zero-order valence-electron chi connectivity index (χ0n) is 10.0.